The van der Waals surface area contributed by atoms with Crippen molar-refractivity contribution in [3.8, 4) is 22.4 Å². The molecule has 0 amide bonds. The minimum absolute atomic E-state index is 0.342. The van der Waals surface area contributed by atoms with Gasteiger partial charge in [0.15, 0.2) is 6.20 Å². The van der Waals surface area contributed by atoms with Gasteiger partial charge in [0.25, 0.3) is 0 Å². The summed E-state index contributed by atoms with van der Waals surface area (Å²) in [6, 6.07) is 27.6. The molecule has 2 nitrogen and oxygen atoms in total. The average Bonchev–Trinajstić information content (AvgIpc) is 3.39. The van der Waals surface area contributed by atoms with E-state index in [2.05, 4.69) is 0 Å². The molecule has 4 heteroatoms. The summed E-state index contributed by atoms with van der Waals surface area (Å²) < 4.78 is 56.5. The van der Waals surface area contributed by atoms with Crippen LogP contribution in [0.4, 0.5) is 8.78 Å². The van der Waals surface area contributed by atoms with Crippen LogP contribution in [0.25, 0.3) is 44.3 Å². The van der Waals surface area contributed by atoms with Crippen LogP contribution in [-0.4, -0.2) is 0 Å². The van der Waals surface area contributed by atoms with E-state index in [1.165, 1.54) is 18.2 Å². The molecule has 2 aromatic heterocycles. The number of aryl methyl sites for hydroxylation is 2. The van der Waals surface area contributed by atoms with E-state index in [9.17, 15) is 5.76 Å². The van der Waals surface area contributed by atoms with Gasteiger partial charge < -0.3 is 4.42 Å². The number of nitrogens with zero attached hydrogens (tertiary/aromatic N) is 1. The summed E-state index contributed by atoms with van der Waals surface area (Å²) in [7, 11) is 1.86. The van der Waals surface area contributed by atoms with Gasteiger partial charge in [0.05, 0.1) is 11.1 Å². The van der Waals surface area contributed by atoms with E-state index in [0.717, 1.165) is 33.0 Å². The van der Waals surface area contributed by atoms with Gasteiger partial charge >= 0.3 is 0 Å². The van der Waals surface area contributed by atoms with E-state index >= 15 is 4.39 Å². The Labute approximate surface area is 241 Å². The number of benzene rings is 4. The van der Waals surface area contributed by atoms with Gasteiger partial charge in [-0.25, -0.2) is 13.3 Å². The van der Waals surface area contributed by atoms with Crippen LogP contribution in [0.5, 0.6) is 0 Å². The maximum Gasteiger partial charge on any atom is 0.219 e. The second-order valence-corrected chi connectivity index (χ2v) is 11.0. The zero-order valence-corrected chi connectivity index (χ0v) is 23.2. The Morgan fingerprint density at radius 1 is 0.732 bits per heavy atom. The number of pyridine rings is 1. The molecule has 0 aliphatic heterocycles. The van der Waals surface area contributed by atoms with E-state index in [0.29, 0.717) is 53.7 Å². The molecule has 7 rings (SSSR count). The highest BCUT2D eigenvalue weighted by Crippen LogP contribution is 2.43. The zero-order chi connectivity index (χ0) is 29.9. The molecule has 1 aliphatic rings. The second-order valence-electron chi connectivity index (χ2n) is 11.0. The molecule has 1 aliphatic carbocycles. The number of rotatable bonds is 4. The Bertz CT molecular complexity index is 1990. The second kappa shape index (κ2) is 10.3. The molecule has 0 atom stereocenters. The highest BCUT2D eigenvalue weighted by Gasteiger charge is 2.25. The molecule has 41 heavy (non-hydrogen) atoms. The summed E-state index contributed by atoms with van der Waals surface area (Å²) in [6.07, 6.45) is 4.06. The van der Waals surface area contributed by atoms with Gasteiger partial charge in [-0.05, 0) is 78.8 Å². The summed E-state index contributed by atoms with van der Waals surface area (Å²) >= 11 is 0. The van der Waals surface area contributed by atoms with Gasteiger partial charge in [-0.3, -0.25) is 0 Å². The van der Waals surface area contributed by atoms with Crippen molar-refractivity contribution in [2.75, 3.05) is 0 Å². The fourth-order valence-electron chi connectivity index (χ4n) is 6.34. The van der Waals surface area contributed by atoms with Gasteiger partial charge in [0, 0.05) is 25.6 Å². The summed E-state index contributed by atoms with van der Waals surface area (Å²) in [5, 5.41) is 1.62. The van der Waals surface area contributed by atoms with Crippen LogP contribution in [0.15, 0.2) is 102 Å². The zero-order valence-electron chi connectivity index (χ0n) is 25.2. The Morgan fingerprint density at radius 2 is 1.34 bits per heavy atom. The third kappa shape index (κ3) is 4.52. The topological polar surface area (TPSA) is 17.0 Å². The van der Waals surface area contributed by atoms with Crippen molar-refractivity contribution in [3.63, 3.8) is 0 Å². The van der Waals surface area contributed by atoms with Gasteiger partial charge in [0.1, 0.15) is 29.8 Å². The lowest BCUT2D eigenvalue weighted by molar-refractivity contribution is -0.660. The maximum absolute atomic E-state index is 15.6. The smallest absolute Gasteiger partial charge is 0.219 e. The van der Waals surface area contributed by atoms with Crippen LogP contribution in [0.1, 0.15) is 56.9 Å². The van der Waals surface area contributed by atoms with Crippen LogP contribution in [0.3, 0.4) is 0 Å². The van der Waals surface area contributed by atoms with Crippen molar-refractivity contribution in [2.45, 2.75) is 44.4 Å². The number of hydrogen-bond donors (Lipinski definition) is 0. The lowest BCUT2D eigenvalue weighted by Gasteiger charge is -2.29. The monoisotopic (exact) mass is 546 g/mol. The Balaban J connectivity index is 1.27. The molecule has 4 aromatic carbocycles. The number of halogens is 2. The molecular formula is C37H32F2NO+. The fraction of sp³-hybridized carbons (Fsp3) is 0.216. The summed E-state index contributed by atoms with van der Waals surface area (Å²) in [4.78, 5) is 0. The SMILES string of the molecule is [2H]C1(c2ccccc2)CCC([2H])(c2ccc(-c3c(F)ccc4c3oc3c(-c5cc(F)cc[n+]5C)c(C)ccc34)cc2)CC1. The number of hydrogen-bond acceptors (Lipinski definition) is 1. The minimum atomic E-state index is -0.797. The highest BCUT2D eigenvalue weighted by atomic mass is 19.1. The molecule has 204 valence electrons. The number of furan rings is 1. The van der Waals surface area contributed by atoms with Crippen LogP contribution < -0.4 is 4.57 Å². The molecule has 0 N–H and O–H groups in total. The van der Waals surface area contributed by atoms with Crippen molar-refractivity contribution in [1.29, 1.82) is 0 Å². The third-order valence-corrected chi connectivity index (χ3v) is 8.56. The predicted octanol–water partition coefficient (Wildman–Crippen LogP) is 9.77. The Hall–Kier alpha value is -4.31. The van der Waals surface area contributed by atoms with Crippen molar-refractivity contribution in [3.05, 3.63) is 126 Å². The van der Waals surface area contributed by atoms with Gasteiger partial charge in [-0.15, -0.1) is 0 Å². The molecule has 1 saturated carbocycles. The Morgan fingerprint density at radius 3 is 2.02 bits per heavy atom. The first-order chi connectivity index (χ1) is 20.7. The van der Waals surface area contributed by atoms with E-state index in [1.54, 1.807) is 12.3 Å². The highest BCUT2D eigenvalue weighted by molar-refractivity contribution is 6.13. The van der Waals surface area contributed by atoms with E-state index in [-0.39, 0.29) is 5.82 Å². The molecule has 0 radical (unpaired) electrons. The molecule has 6 aromatic rings. The van der Waals surface area contributed by atoms with Crippen LogP contribution >= 0.6 is 0 Å². The van der Waals surface area contributed by atoms with Crippen molar-refractivity contribution >= 4 is 21.9 Å². The number of fused-ring (bicyclic) bond motifs is 3. The average molecular weight is 547 g/mol. The lowest BCUT2D eigenvalue weighted by atomic mass is 9.76. The van der Waals surface area contributed by atoms with E-state index in [1.807, 2.05) is 85.3 Å². The molecule has 2 heterocycles. The summed E-state index contributed by atoms with van der Waals surface area (Å²) in [5.41, 5.74) is 6.31. The van der Waals surface area contributed by atoms with Gasteiger partial charge in [-0.1, -0.05) is 66.7 Å². The standard InChI is InChI=1S/C37H32F2NO/c1-23-8-17-30-31-18-19-32(39)35(37(31)41-36(30)34(23)33-22-29(38)20-21-40(33)2)28-15-13-27(14-16-28)26-11-9-25(10-12-26)24-6-4-3-5-7-24/h3-8,13-22,25-26H,9-12H2,1-2H3/q+1/i25D,26D. The van der Waals surface area contributed by atoms with Crippen LogP contribution in [0.2, 0.25) is 0 Å². The molecule has 0 bridgehead atoms. The van der Waals surface area contributed by atoms with Crippen molar-refractivity contribution in [1.82, 2.24) is 0 Å². The Kier molecular flexibility index (Phi) is 5.86. The summed E-state index contributed by atoms with van der Waals surface area (Å²) in [5.74, 6) is -2.21. The number of aromatic nitrogens is 1. The predicted molar refractivity (Wildman–Crippen MR) is 161 cm³/mol. The van der Waals surface area contributed by atoms with Crippen molar-refractivity contribution in [2.24, 2.45) is 7.05 Å². The van der Waals surface area contributed by atoms with E-state index < -0.39 is 17.6 Å². The van der Waals surface area contributed by atoms with Crippen molar-refractivity contribution < 1.29 is 20.5 Å². The first-order valence-electron chi connectivity index (χ1n) is 15.1. The van der Waals surface area contributed by atoms with Crippen LogP contribution in [-0.2, 0) is 7.05 Å². The molecular weight excluding hydrogens is 512 g/mol. The summed E-state index contributed by atoms with van der Waals surface area (Å²) in [6.45, 7) is 1.96. The van der Waals surface area contributed by atoms with Gasteiger partial charge in [0.2, 0.25) is 5.69 Å². The molecule has 0 saturated heterocycles. The maximum atomic E-state index is 15.6. The normalized spacial score (nSPS) is 21.7. The quantitative estimate of drug-likeness (QED) is 0.201. The molecule has 1 fully saturated rings. The van der Waals surface area contributed by atoms with E-state index in [4.69, 9.17) is 5.79 Å². The molecule has 0 spiro atoms. The van der Waals surface area contributed by atoms with Gasteiger partial charge in [-0.2, -0.15) is 0 Å². The first kappa shape index (κ1) is 23.4. The van der Waals surface area contributed by atoms with Crippen LogP contribution in [0, 0.1) is 18.6 Å². The molecule has 0 unspecified atom stereocenters. The largest absolute Gasteiger partial charge is 0.454 e. The first-order valence-corrected chi connectivity index (χ1v) is 14.1. The fourth-order valence-corrected chi connectivity index (χ4v) is 6.34. The lowest BCUT2D eigenvalue weighted by Crippen LogP contribution is -2.30. The minimum Gasteiger partial charge on any atom is -0.454 e. The third-order valence-electron chi connectivity index (χ3n) is 8.56.